The SMILES string of the molecule is CCCCCC(C)(C)Cn1ccnc1NCCCC. The van der Waals surface area contributed by atoms with Gasteiger partial charge in [0.2, 0.25) is 5.95 Å². The van der Waals surface area contributed by atoms with E-state index >= 15 is 0 Å². The minimum Gasteiger partial charge on any atom is -0.356 e. The molecule has 0 saturated heterocycles. The Kier molecular flexibility index (Phi) is 6.96. The molecule has 0 aromatic carbocycles. The normalized spacial score (nSPS) is 11.8. The summed E-state index contributed by atoms with van der Waals surface area (Å²) in [6, 6.07) is 0. The predicted octanol–water partition coefficient (Wildman–Crippen LogP) is 4.70. The van der Waals surface area contributed by atoms with Crippen LogP contribution in [0.2, 0.25) is 0 Å². The van der Waals surface area contributed by atoms with E-state index in [2.05, 4.69) is 48.8 Å². The van der Waals surface area contributed by atoms with Gasteiger partial charge in [0.1, 0.15) is 0 Å². The summed E-state index contributed by atoms with van der Waals surface area (Å²) in [7, 11) is 0. The monoisotopic (exact) mass is 265 g/mol. The molecule has 0 aliphatic heterocycles. The van der Waals surface area contributed by atoms with Gasteiger partial charge >= 0.3 is 0 Å². The van der Waals surface area contributed by atoms with Crippen LogP contribution in [0.3, 0.4) is 0 Å². The fourth-order valence-electron chi connectivity index (χ4n) is 2.37. The Morgan fingerprint density at radius 1 is 1.16 bits per heavy atom. The van der Waals surface area contributed by atoms with Gasteiger partial charge in [-0.05, 0) is 18.3 Å². The molecule has 0 amide bonds. The molecule has 1 aromatic heterocycles. The Bertz CT molecular complexity index is 342. The smallest absolute Gasteiger partial charge is 0.202 e. The Balaban J connectivity index is 2.48. The van der Waals surface area contributed by atoms with E-state index in [1.54, 1.807) is 0 Å². The number of hydrogen-bond acceptors (Lipinski definition) is 2. The van der Waals surface area contributed by atoms with Crippen LogP contribution in [0.15, 0.2) is 12.4 Å². The average Bonchev–Trinajstić information content (AvgIpc) is 2.76. The molecule has 0 bridgehead atoms. The highest BCUT2D eigenvalue weighted by Crippen LogP contribution is 2.27. The van der Waals surface area contributed by atoms with Gasteiger partial charge in [-0.2, -0.15) is 0 Å². The molecule has 1 heterocycles. The second-order valence-corrected chi connectivity index (χ2v) is 6.28. The van der Waals surface area contributed by atoms with Crippen molar-refractivity contribution in [3.05, 3.63) is 12.4 Å². The maximum absolute atomic E-state index is 4.42. The molecule has 1 rings (SSSR count). The molecule has 0 aliphatic rings. The zero-order valence-electron chi connectivity index (χ0n) is 13.2. The number of imidazole rings is 1. The van der Waals surface area contributed by atoms with Gasteiger partial charge in [-0.3, -0.25) is 0 Å². The third-order valence-electron chi connectivity index (χ3n) is 3.58. The zero-order chi connectivity index (χ0) is 14.1. The summed E-state index contributed by atoms with van der Waals surface area (Å²) in [6.45, 7) is 11.3. The third-order valence-corrected chi connectivity index (χ3v) is 3.58. The third kappa shape index (κ3) is 6.13. The van der Waals surface area contributed by atoms with Gasteiger partial charge in [-0.1, -0.05) is 53.4 Å². The van der Waals surface area contributed by atoms with Gasteiger partial charge in [-0.15, -0.1) is 0 Å². The molecule has 110 valence electrons. The van der Waals surface area contributed by atoms with Crippen LogP contribution in [-0.4, -0.2) is 16.1 Å². The quantitative estimate of drug-likeness (QED) is 0.621. The Morgan fingerprint density at radius 2 is 1.89 bits per heavy atom. The van der Waals surface area contributed by atoms with Crippen molar-refractivity contribution >= 4 is 5.95 Å². The van der Waals surface area contributed by atoms with Crippen molar-refractivity contribution in [1.82, 2.24) is 9.55 Å². The maximum Gasteiger partial charge on any atom is 0.202 e. The Hall–Kier alpha value is -0.990. The lowest BCUT2D eigenvalue weighted by atomic mass is 9.87. The van der Waals surface area contributed by atoms with Crippen LogP contribution in [-0.2, 0) is 6.54 Å². The van der Waals surface area contributed by atoms with Crippen LogP contribution in [0.25, 0.3) is 0 Å². The van der Waals surface area contributed by atoms with Crippen molar-refractivity contribution in [2.45, 2.75) is 72.8 Å². The summed E-state index contributed by atoms with van der Waals surface area (Å²) in [5.74, 6) is 1.03. The molecular weight excluding hydrogens is 234 g/mol. The number of hydrogen-bond donors (Lipinski definition) is 1. The highest BCUT2D eigenvalue weighted by molar-refractivity contribution is 5.25. The fraction of sp³-hybridized carbons (Fsp3) is 0.812. The highest BCUT2D eigenvalue weighted by Gasteiger charge is 2.19. The number of nitrogens with zero attached hydrogens (tertiary/aromatic N) is 2. The van der Waals surface area contributed by atoms with E-state index in [9.17, 15) is 0 Å². The first kappa shape index (κ1) is 16.1. The molecule has 0 saturated carbocycles. The van der Waals surface area contributed by atoms with Gasteiger partial charge in [0, 0.05) is 25.5 Å². The summed E-state index contributed by atoms with van der Waals surface area (Å²) in [4.78, 5) is 4.42. The molecule has 0 atom stereocenters. The van der Waals surface area contributed by atoms with Crippen molar-refractivity contribution in [2.24, 2.45) is 5.41 Å². The standard InChI is InChI=1S/C16H31N3/c1-5-7-9-10-16(3,4)14-19-13-12-18-15(19)17-11-8-6-2/h12-13H,5-11,14H2,1-4H3,(H,17,18). The van der Waals surface area contributed by atoms with Crippen LogP contribution in [0.5, 0.6) is 0 Å². The van der Waals surface area contributed by atoms with Crippen molar-refractivity contribution in [3.63, 3.8) is 0 Å². The lowest BCUT2D eigenvalue weighted by Gasteiger charge is -2.26. The van der Waals surface area contributed by atoms with E-state index in [1.807, 2.05) is 6.20 Å². The first-order valence-electron chi connectivity index (χ1n) is 7.84. The fourth-order valence-corrected chi connectivity index (χ4v) is 2.37. The number of aromatic nitrogens is 2. The van der Waals surface area contributed by atoms with Crippen molar-refractivity contribution in [3.8, 4) is 0 Å². The number of nitrogens with one attached hydrogen (secondary N) is 1. The van der Waals surface area contributed by atoms with Crippen molar-refractivity contribution in [1.29, 1.82) is 0 Å². The maximum atomic E-state index is 4.42. The molecule has 0 aliphatic carbocycles. The van der Waals surface area contributed by atoms with Gasteiger partial charge in [0.15, 0.2) is 0 Å². The van der Waals surface area contributed by atoms with E-state index < -0.39 is 0 Å². The average molecular weight is 265 g/mol. The minimum absolute atomic E-state index is 0.344. The first-order valence-corrected chi connectivity index (χ1v) is 7.84. The van der Waals surface area contributed by atoms with Crippen molar-refractivity contribution in [2.75, 3.05) is 11.9 Å². The molecular formula is C16H31N3. The van der Waals surface area contributed by atoms with Crippen LogP contribution >= 0.6 is 0 Å². The van der Waals surface area contributed by atoms with E-state index in [4.69, 9.17) is 0 Å². The Labute approximate surface area is 118 Å². The number of anilines is 1. The second kappa shape index (κ2) is 8.23. The zero-order valence-corrected chi connectivity index (χ0v) is 13.2. The van der Waals surface area contributed by atoms with Gasteiger partial charge in [-0.25, -0.2) is 4.98 Å². The van der Waals surface area contributed by atoms with Gasteiger partial charge in [0.05, 0.1) is 0 Å². The van der Waals surface area contributed by atoms with Gasteiger partial charge in [0.25, 0.3) is 0 Å². The van der Waals surface area contributed by atoms with Crippen LogP contribution in [0.4, 0.5) is 5.95 Å². The molecule has 0 spiro atoms. The summed E-state index contributed by atoms with van der Waals surface area (Å²) in [5, 5.41) is 3.44. The summed E-state index contributed by atoms with van der Waals surface area (Å²) in [5.41, 5.74) is 0.344. The predicted molar refractivity (Wildman–Crippen MR) is 83.5 cm³/mol. The minimum atomic E-state index is 0.344. The second-order valence-electron chi connectivity index (χ2n) is 6.28. The summed E-state index contributed by atoms with van der Waals surface area (Å²) < 4.78 is 2.27. The number of unbranched alkanes of at least 4 members (excludes halogenated alkanes) is 3. The van der Waals surface area contributed by atoms with E-state index in [0.29, 0.717) is 5.41 Å². The molecule has 3 nitrogen and oxygen atoms in total. The van der Waals surface area contributed by atoms with Crippen LogP contribution < -0.4 is 5.32 Å². The molecule has 0 radical (unpaired) electrons. The lowest BCUT2D eigenvalue weighted by Crippen LogP contribution is -2.21. The lowest BCUT2D eigenvalue weighted by molar-refractivity contribution is 0.273. The highest BCUT2D eigenvalue weighted by atomic mass is 15.2. The Morgan fingerprint density at radius 3 is 2.58 bits per heavy atom. The van der Waals surface area contributed by atoms with Gasteiger partial charge < -0.3 is 9.88 Å². The number of rotatable bonds is 10. The summed E-state index contributed by atoms with van der Waals surface area (Å²) >= 11 is 0. The molecule has 0 fully saturated rings. The topological polar surface area (TPSA) is 29.9 Å². The molecule has 1 aromatic rings. The molecule has 3 heteroatoms. The van der Waals surface area contributed by atoms with E-state index in [1.165, 1.54) is 38.5 Å². The van der Waals surface area contributed by atoms with Crippen LogP contribution in [0.1, 0.15) is 66.2 Å². The van der Waals surface area contributed by atoms with E-state index in [-0.39, 0.29) is 0 Å². The van der Waals surface area contributed by atoms with E-state index in [0.717, 1.165) is 19.0 Å². The summed E-state index contributed by atoms with van der Waals surface area (Å²) in [6.07, 6.45) is 11.7. The van der Waals surface area contributed by atoms with Crippen molar-refractivity contribution < 1.29 is 0 Å². The first-order chi connectivity index (χ1) is 9.09. The van der Waals surface area contributed by atoms with Crippen LogP contribution in [0, 0.1) is 5.41 Å². The molecule has 0 unspecified atom stereocenters. The molecule has 19 heavy (non-hydrogen) atoms. The largest absolute Gasteiger partial charge is 0.356 e. The molecule has 1 N–H and O–H groups in total.